The molecule has 4 aliphatic carbocycles. The van der Waals surface area contributed by atoms with Crippen molar-refractivity contribution in [2.75, 3.05) is 6.54 Å². The van der Waals surface area contributed by atoms with Crippen molar-refractivity contribution in [3.63, 3.8) is 0 Å². The van der Waals surface area contributed by atoms with Gasteiger partial charge in [0.2, 0.25) is 0 Å². The normalized spacial score (nSPS) is 40.0. The van der Waals surface area contributed by atoms with Gasteiger partial charge in [0, 0.05) is 12.1 Å². The lowest BCUT2D eigenvalue weighted by Gasteiger charge is -2.57. The summed E-state index contributed by atoms with van der Waals surface area (Å²) in [7, 11) is 0. The first kappa shape index (κ1) is 12.9. The molecule has 0 heterocycles. The molecule has 1 atom stereocenters. The Kier molecular flexibility index (Phi) is 3.14. The van der Waals surface area contributed by atoms with Gasteiger partial charge < -0.3 is 5.32 Å². The fraction of sp³-hybridized carbons (Fsp3) is 0.684. The fourth-order valence-electron chi connectivity index (χ4n) is 5.60. The molecular formula is C19H27N. The second kappa shape index (κ2) is 4.87. The van der Waals surface area contributed by atoms with Crippen molar-refractivity contribution < 1.29 is 0 Å². The largest absolute Gasteiger partial charge is 0.311 e. The Hall–Kier alpha value is -0.820. The van der Waals surface area contributed by atoms with E-state index < -0.39 is 0 Å². The van der Waals surface area contributed by atoms with E-state index >= 15 is 0 Å². The van der Waals surface area contributed by atoms with Gasteiger partial charge in [0.25, 0.3) is 0 Å². The zero-order valence-corrected chi connectivity index (χ0v) is 12.6. The Morgan fingerprint density at radius 1 is 1.00 bits per heavy atom. The van der Waals surface area contributed by atoms with Gasteiger partial charge in [-0.1, -0.05) is 37.3 Å². The van der Waals surface area contributed by atoms with Crippen LogP contribution in [0, 0.1) is 17.8 Å². The van der Waals surface area contributed by atoms with Gasteiger partial charge in [-0.3, -0.25) is 0 Å². The smallest absolute Gasteiger partial charge is 0.0189 e. The molecule has 1 N–H and O–H groups in total. The van der Waals surface area contributed by atoms with E-state index in [1.54, 1.807) is 0 Å². The highest BCUT2D eigenvalue weighted by Gasteiger charge is 2.50. The van der Waals surface area contributed by atoms with Crippen LogP contribution in [0.5, 0.6) is 0 Å². The summed E-state index contributed by atoms with van der Waals surface area (Å²) in [5.41, 5.74) is 1.99. The lowest BCUT2D eigenvalue weighted by Crippen LogP contribution is -2.58. The van der Waals surface area contributed by atoms with Crippen molar-refractivity contribution in [2.45, 2.75) is 56.9 Å². The molecule has 108 valence electrons. The van der Waals surface area contributed by atoms with Gasteiger partial charge >= 0.3 is 0 Å². The second-order valence-corrected chi connectivity index (χ2v) is 7.89. The molecule has 1 unspecified atom stereocenters. The van der Waals surface area contributed by atoms with Gasteiger partial charge in [0.1, 0.15) is 0 Å². The van der Waals surface area contributed by atoms with Crippen LogP contribution in [0.4, 0.5) is 0 Å². The standard InChI is InChI=1S/C19H27N/c1-14(18-5-3-2-4-6-18)13-20-19-10-15-7-16(11-19)9-17(8-15)12-19/h2-6,14-17,20H,7-13H2,1H3. The van der Waals surface area contributed by atoms with Crippen LogP contribution in [0.2, 0.25) is 0 Å². The van der Waals surface area contributed by atoms with Crippen molar-refractivity contribution in [2.24, 2.45) is 17.8 Å². The molecule has 20 heavy (non-hydrogen) atoms. The summed E-state index contributed by atoms with van der Waals surface area (Å²) >= 11 is 0. The first-order valence-corrected chi connectivity index (χ1v) is 8.52. The zero-order valence-electron chi connectivity index (χ0n) is 12.6. The average molecular weight is 269 g/mol. The molecule has 4 bridgehead atoms. The third kappa shape index (κ3) is 2.30. The Labute approximate surface area is 123 Å². The molecule has 1 heteroatoms. The third-order valence-corrected chi connectivity index (χ3v) is 6.19. The van der Waals surface area contributed by atoms with E-state index in [-0.39, 0.29) is 0 Å². The molecule has 4 aliphatic rings. The summed E-state index contributed by atoms with van der Waals surface area (Å²) in [6.45, 7) is 3.51. The SMILES string of the molecule is CC(CNC12CC3CC(CC(C3)C1)C2)c1ccccc1. The van der Waals surface area contributed by atoms with Crippen LogP contribution in [0.15, 0.2) is 30.3 Å². The lowest BCUT2D eigenvalue weighted by molar-refractivity contribution is -0.0200. The maximum absolute atomic E-state index is 4.03. The Balaban J connectivity index is 1.42. The van der Waals surface area contributed by atoms with Gasteiger partial charge in [-0.05, 0) is 67.8 Å². The van der Waals surface area contributed by atoms with Gasteiger partial charge in [0.15, 0.2) is 0 Å². The molecule has 4 fully saturated rings. The highest BCUT2D eigenvalue weighted by molar-refractivity contribution is 5.19. The molecule has 0 saturated heterocycles. The van der Waals surface area contributed by atoms with Crippen LogP contribution in [0.1, 0.15) is 56.9 Å². The van der Waals surface area contributed by atoms with E-state index in [0.717, 1.165) is 24.3 Å². The average Bonchev–Trinajstić information content (AvgIpc) is 2.44. The van der Waals surface area contributed by atoms with Crippen LogP contribution in [-0.4, -0.2) is 12.1 Å². The monoisotopic (exact) mass is 269 g/mol. The predicted molar refractivity (Wildman–Crippen MR) is 83.8 cm³/mol. The summed E-state index contributed by atoms with van der Waals surface area (Å²) in [4.78, 5) is 0. The molecule has 0 radical (unpaired) electrons. The fourth-order valence-corrected chi connectivity index (χ4v) is 5.60. The topological polar surface area (TPSA) is 12.0 Å². The Morgan fingerprint density at radius 3 is 2.10 bits per heavy atom. The van der Waals surface area contributed by atoms with Crippen molar-refractivity contribution >= 4 is 0 Å². The lowest BCUT2D eigenvalue weighted by atomic mass is 9.53. The van der Waals surface area contributed by atoms with Crippen LogP contribution in [0.25, 0.3) is 0 Å². The zero-order chi connectivity index (χ0) is 13.6. The van der Waals surface area contributed by atoms with Crippen LogP contribution in [-0.2, 0) is 0 Å². The summed E-state index contributed by atoms with van der Waals surface area (Å²) in [5, 5.41) is 4.03. The quantitative estimate of drug-likeness (QED) is 0.857. The molecular weight excluding hydrogens is 242 g/mol. The summed E-state index contributed by atoms with van der Waals surface area (Å²) < 4.78 is 0. The second-order valence-electron chi connectivity index (χ2n) is 7.89. The Bertz CT molecular complexity index is 429. The van der Waals surface area contributed by atoms with E-state index in [4.69, 9.17) is 0 Å². The molecule has 1 aromatic rings. The number of nitrogens with one attached hydrogen (secondary N) is 1. The number of benzene rings is 1. The van der Waals surface area contributed by atoms with Crippen LogP contribution >= 0.6 is 0 Å². The van der Waals surface area contributed by atoms with E-state index in [9.17, 15) is 0 Å². The summed E-state index contributed by atoms with van der Waals surface area (Å²) in [6.07, 6.45) is 8.99. The Morgan fingerprint density at radius 2 is 1.55 bits per heavy atom. The van der Waals surface area contributed by atoms with Crippen LogP contribution < -0.4 is 5.32 Å². The molecule has 1 aromatic carbocycles. The number of hydrogen-bond acceptors (Lipinski definition) is 1. The first-order valence-electron chi connectivity index (χ1n) is 8.52. The van der Waals surface area contributed by atoms with Gasteiger partial charge in [-0.2, -0.15) is 0 Å². The highest BCUT2D eigenvalue weighted by Crippen LogP contribution is 2.55. The number of rotatable bonds is 4. The molecule has 5 rings (SSSR count). The molecule has 0 amide bonds. The van der Waals surface area contributed by atoms with Crippen molar-refractivity contribution in [3.05, 3.63) is 35.9 Å². The molecule has 0 spiro atoms. The van der Waals surface area contributed by atoms with Gasteiger partial charge in [-0.25, -0.2) is 0 Å². The van der Waals surface area contributed by atoms with E-state index in [2.05, 4.69) is 42.6 Å². The van der Waals surface area contributed by atoms with E-state index in [1.165, 1.54) is 44.1 Å². The maximum atomic E-state index is 4.03. The van der Waals surface area contributed by atoms with Crippen molar-refractivity contribution in [1.82, 2.24) is 5.32 Å². The van der Waals surface area contributed by atoms with Crippen molar-refractivity contribution in [3.8, 4) is 0 Å². The molecule has 4 saturated carbocycles. The van der Waals surface area contributed by atoms with Gasteiger partial charge in [-0.15, -0.1) is 0 Å². The highest BCUT2D eigenvalue weighted by atomic mass is 15.0. The predicted octanol–water partition coefficient (Wildman–Crippen LogP) is 4.35. The van der Waals surface area contributed by atoms with E-state index in [0.29, 0.717) is 11.5 Å². The maximum Gasteiger partial charge on any atom is 0.0189 e. The molecule has 0 aromatic heterocycles. The summed E-state index contributed by atoms with van der Waals surface area (Å²) in [5.74, 6) is 3.76. The minimum Gasteiger partial charge on any atom is -0.311 e. The molecule has 1 nitrogen and oxygen atoms in total. The molecule has 0 aliphatic heterocycles. The van der Waals surface area contributed by atoms with Crippen molar-refractivity contribution in [1.29, 1.82) is 0 Å². The van der Waals surface area contributed by atoms with E-state index in [1.807, 2.05) is 0 Å². The minimum absolute atomic E-state index is 0.512. The minimum atomic E-state index is 0.512. The summed E-state index contributed by atoms with van der Waals surface area (Å²) in [6, 6.07) is 11.0. The number of hydrogen-bond donors (Lipinski definition) is 1. The third-order valence-electron chi connectivity index (χ3n) is 6.19. The van der Waals surface area contributed by atoms with Crippen LogP contribution in [0.3, 0.4) is 0 Å². The first-order chi connectivity index (χ1) is 9.72. The van der Waals surface area contributed by atoms with Gasteiger partial charge in [0.05, 0.1) is 0 Å².